The van der Waals surface area contributed by atoms with Crippen molar-refractivity contribution in [1.29, 1.82) is 0 Å². The van der Waals surface area contributed by atoms with Crippen molar-refractivity contribution < 1.29 is 14.3 Å². The van der Waals surface area contributed by atoms with Gasteiger partial charge in [0.2, 0.25) is 0 Å². The lowest BCUT2D eigenvalue weighted by molar-refractivity contribution is 0.0920. The summed E-state index contributed by atoms with van der Waals surface area (Å²) in [4.78, 5) is 28.4. The van der Waals surface area contributed by atoms with Gasteiger partial charge in [0.05, 0.1) is 5.02 Å². The highest BCUT2D eigenvalue weighted by molar-refractivity contribution is 9.10. The van der Waals surface area contributed by atoms with E-state index in [0.717, 1.165) is 0 Å². The monoisotopic (exact) mass is 444 g/mol. The van der Waals surface area contributed by atoms with Crippen LogP contribution >= 0.6 is 27.5 Å². The maximum atomic E-state index is 12.3. The molecule has 0 aliphatic heterocycles. The van der Waals surface area contributed by atoms with E-state index in [1.165, 1.54) is 6.20 Å². The van der Waals surface area contributed by atoms with E-state index in [9.17, 15) is 9.59 Å². The number of rotatable bonds is 6. The van der Waals surface area contributed by atoms with Crippen LogP contribution in [0, 0.1) is 0 Å². The zero-order valence-corrected chi connectivity index (χ0v) is 16.3. The van der Waals surface area contributed by atoms with Crippen molar-refractivity contribution in [3.05, 3.63) is 87.6 Å². The minimum atomic E-state index is -0.212. The Morgan fingerprint density at radius 2 is 1.74 bits per heavy atom. The van der Waals surface area contributed by atoms with Gasteiger partial charge in [-0.1, -0.05) is 29.8 Å². The van der Waals surface area contributed by atoms with Crippen molar-refractivity contribution in [1.82, 2.24) is 4.98 Å². The Hall–Kier alpha value is -2.70. The summed E-state index contributed by atoms with van der Waals surface area (Å²) in [7, 11) is 0. The number of aromatic nitrogens is 1. The summed E-state index contributed by atoms with van der Waals surface area (Å²) >= 11 is 9.11. The van der Waals surface area contributed by atoms with E-state index in [0.29, 0.717) is 32.2 Å². The summed E-state index contributed by atoms with van der Waals surface area (Å²) in [5.41, 5.74) is 1.63. The molecule has 3 aromatic rings. The Morgan fingerprint density at radius 3 is 2.44 bits per heavy atom. The van der Waals surface area contributed by atoms with Crippen molar-refractivity contribution in [2.45, 2.75) is 0 Å². The SMILES string of the molecule is O=C(COc1cc(Cl)cnc1Br)c1ccc(NC(=O)c2ccccc2)cc1. The number of hydrogen-bond acceptors (Lipinski definition) is 4. The van der Waals surface area contributed by atoms with E-state index >= 15 is 0 Å². The number of benzene rings is 2. The number of carbonyl (C=O) groups is 2. The number of Topliss-reactive ketones (excluding diaryl/α,β-unsaturated/α-hetero) is 1. The molecule has 7 heteroatoms. The van der Waals surface area contributed by atoms with Gasteiger partial charge in [-0.05, 0) is 52.3 Å². The summed E-state index contributed by atoms with van der Waals surface area (Å²) in [6, 6.07) is 17.1. The third kappa shape index (κ3) is 5.15. The second-order valence-corrected chi connectivity index (χ2v) is 6.74. The lowest BCUT2D eigenvalue weighted by Gasteiger charge is -2.08. The second-order valence-electron chi connectivity index (χ2n) is 5.55. The number of pyridine rings is 1. The average molecular weight is 446 g/mol. The van der Waals surface area contributed by atoms with Crippen molar-refractivity contribution in [2.24, 2.45) is 0 Å². The molecule has 0 saturated carbocycles. The number of carbonyl (C=O) groups excluding carboxylic acids is 2. The van der Waals surface area contributed by atoms with E-state index < -0.39 is 0 Å². The molecule has 136 valence electrons. The predicted molar refractivity (Wildman–Crippen MR) is 108 cm³/mol. The minimum absolute atomic E-state index is 0.156. The first kappa shape index (κ1) is 19.1. The predicted octanol–water partition coefficient (Wildman–Crippen LogP) is 5.01. The summed E-state index contributed by atoms with van der Waals surface area (Å²) in [5, 5.41) is 3.20. The van der Waals surface area contributed by atoms with Crippen molar-refractivity contribution in [3.8, 4) is 5.75 Å². The molecule has 0 bridgehead atoms. The lowest BCUT2D eigenvalue weighted by Crippen LogP contribution is -2.13. The molecule has 27 heavy (non-hydrogen) atoms. The summed E-state index contributed by atoms with van der Waals surface area (Å²) in [6.45, 7) is -0.156. The van der Waals surface area contributed by atoms with Crippen LogP contribution in [0.3, 0.4) is 0 Å². The molecule has 1 amide bonds. The fourth-order valence-electron chi connectivity index (χ4n) is 2.26. The van der Waals surface area contributed by atoms with Crippen LogP contribution in [-0.4, -0.2) is 23.3 Å². The zero-order valence-electron chi connectivity index (χ0n) is 14.0. The molecule has 0 spiro atoms. The van der Waals surface area contributed by atoms with Crippen LogP contribution in [0.4, 0.5) is 5.69 Å². The number of ether oxygens (including phenoxy) is 1. The largest absolute Gasteiger partial charge is 0.483 e. The zero-order chi connectivity index (χ0) is 19.2. The van der Waals surface area contributed by atoms with Crippen LogP contribution in [0.1, 0.15) is 20.7 Å². The van der Waals surface area contributed by atoms with Gasteiger partial charge in [0.15, 0.2) is 18.1 Å². The highest BCUT2D eigenvalue weighted by Gasteiger charge is 2.11. The third-order valence-electron chi connectivity index (χ3n) is 3.63. The van der Waals surface area contributed by atoms with E-state index in [-0.39, 0.29) is 18.3 Å². The Morgan fingerprint density at radius 1 is 1.04 bits per heavy atom. The maximum absolute atomic E-state index is 12.3. The summed E-state index contributed by atoms with van der Waals surface area (Å²) < 4.78 is 5.94. The van der Waals surface area contributed by atoms with Crippen LogP contribution < -0.4 is 10.1 Å². The highest BCUT2D eigenvalue weighted by atomic mass is 79.9. The quantitative estimate of drug-likeness (QED) is 0.428. The van der Waals surface area contributed by atoms with Gasteiger partial charge < -0.3 is 10.1 Å². The van der Waals surface area contributed by atoms with Crippen LogP contribution in [0.2, 0.25) is 5.02 Å². The third-order valence-corrected chi connectivity index (χ3v) is 4.44. The van der Waals surface area contributed by atoms with Gasteiger partial charge in [-0.25, -0.2) is 4.98 Å². The number of amides is 1. The van der Waals surface area contributed by atoms with Crippen molar-refractivity contribution >= 4 is 44.9 Å². The van der Waals surface area contributed by atoms with Gasteiger partial charge in [0.25, 0.3) is 5.91 Å². The van der Waals surface area contributed by atoms with E-state index in [2.05, 4.69) is 26.2 Å². The molecule has 1 N–H and O–H groups in total. The fourth-order valence-corrected chi connectivity index (χ4v) is 2.74. The van der Waals surface area contributed by atoms with Gasteiger partial charge in [0, 0.05) is 29.1 Å². The number of nitrogens with zero attached hydrogens (tertiary/aromatic N) is 1. The molecule has 1 heterocycles. The molecular weight excluding hydrogens is 432 g/mol. The molecule has 0 fully saturated rings. The van der Waals surface area contributed by atoms with E-state index in [1.807, 2.05) is 6.07 Å². The number of halogens is 2. The van der Waals surface area contributed by atoms with Crippen molar-refractivity contribution in [2.75, 3.05) is 11.9 Å². The lowest BCUT2D eigenvalue weighted by atomic mass is 10.1. The number of ketones is 1. The van der Waals surface area contributed by atoms with Crippen LogP contribution in [-0.2, 0) is 0 Å². The average Bonchev–Trinajstić information content (AvgIpc) is 2.69. The van der Waals surface area contributed by atoms with Gasteiger partial charge in [-0.3, -0.25) is 9.59 Å². The molecule has 2 aromatic carbocycles. The normalized spacial score (nSPS) is 10.3. The smallest absolute Gasteiger partial charge is 0.255 e. The topological polar surface area (TPSA) is 68.3 Å². The summed E-state index contributed by atoms with van der Waals surface area (Å²) in [6.07, 6.45) is 1.47. The minimum Gasteiger partial charge on any atom is -0.483 e. The Balaban J connectivity index is 1.60. The van der Waals surface area contributed by atoms with Crippen LogP contribution in [0.15, 0.2) is 71.5 Å². The van der Waals surface area contributed by atoms with Gasteiger partial charge in [0.1, 0.15) is 4.60 Å². The Kier molecular flexibility index (Phi) is 6.21. The van der Waals surface area contributed by atoms with Crippen LogP contribution in [0.25, 0.3) is 0 Å². The maximum Gasteiger partial charge on any atom is 0.255 e. The van der Waals surface area contributed by atoms with Gasteiger partial charge in [-0.2, -0.15) is 0 Å². The van der Waals surface area contributed by atoms with Gasteiger partial charge >= 0.3 is 0 Å². The Labute approximate surface area is 169 Å². The standard InChI is InChI=1S/C20H14BrClN2O3/c21-19-18(10-15(22)11-23-19)27-12-17(25)13-6-8-16(9-7-13)24-20(26)14-4-2-1-3-5-14/h1-11H,12H2,(H,24,26). The first-order chi connectivity index (χ1) is 13.0. The molecule has 0 radical (unpaired) electrons. The molecule has 0 aliphatic rings. The molecular formula is C20H14BrClN2O3. The first-order valence-electron chi connectivity index (χ1n) is 7.96. The summed E-state index contributed by atoms with van der Waals surface area (Å²) in [5.74, 6) is -0.0262. The first-order valence-corrected chi connectivity index (χ1v) is 9.13. The molecule has 0 saturated heterocycles. The Bertz CT molecular complexity index is 963. The molecule has 1 aromatic heterocycles. The van der Waals surface area contributed by atoms with E-state index in [4.69, 9.17) is 16.3 Å². The number of hydrogen-bond donors (Lipinski definition) is 1. The van der Waals surface area contributed by atoms with E-state index in [1.54, 1.807) is 54.6 Å². The highest BCUT2D eigenvalue weighted by Crippen LogP contribution is 2.25. The van der Waals surface area contributed by atoms with Gasteiger partial charge in [-0.15, -0.1) is 0 Å². The fraction of sp³-hybridized carbons (Fsp3) is 0.0500. The second kappa shape index (κ2) is 8.79. The number of nitrogens with one attached hydrogen (secondary N) is 1. The molecule has 5 nitrogen and oxygen atoms in total. The molecule has 3 rings (SSSR count). The molecule has 0 unspecified atom stereocenters. The number of anilines is 1. The molecule has 0 atom stereocenters. The molecule has 0 aliphatic carbocycles. The van der Waals surface area contributed by atoms with Crippen molar-refractivity contribution in [3.63, 3.8) is 0 Å². The van der Waals surface area contributed by atoms with Crippen LogP contribution in [0.5, 0.6) is 5.75 Å².